The van der Waals surface area contributed by atoms with Crippen LogP contribution < -0.4 is 10.9 Å². The van der Waals surface area contributed by atoms with Crippen molar-refractivity contribution in [3.8, 4) is 0 Å². The molecule has 1 aromatic heterocycles. The van der Waals surface area contributed by atoms with Gasteiger partial charge in [0, 0.05) is 25.0 Å². The van der Waals surface area contributed by atoms with Gasteiger partial charge in [0.15, 0.2) is 0 Å². The Morgan fingerprint density at radius 3 is 2.96 bits per heavy atom. The fourth-order valence-corrected chi connectivity index (χ4v) is 3.45. The molecular weight excluding hydrogens is 310 g/mol. The highest BCUT2D eigenvalue weighted by Crippen LogP contribution is 2.29. The summed E-state index contributed by atoms with van der Waals surface area (Å²) in [4.78, 5) is 24.0. The van der Waals surface area contributed by atoms with Gasteiger partial charge in [-0.3, -0.25) is 9.59 Å². The van der Waals surface area contributed by atoms with E-state index in [2.05, 4.69) is 15.5 Å². The molecule has 126 valence electrons. The van der Waals surface area contributed by atoms with Crippen molar-refractivity contribution in [2.75, 3.05) is 13.2 Å². The largest absolute Gasteiger partial charge is 0.375 e. The predicted octanol–water partition coefficient (Wildman–Crippen LogP) is 0.528. The average molecular weight is 329 g/mol. The summed E-state index contributed by atoms with van der Waals surface area (Å²) in [7, 11) is 0. The number of ether oxygens (including phenoxy) is 2. The maximum atomic E-state index is 12.2. The minimum atomic E-state index is -0.249. The SMILES string of the molecule is O=C(Cc1n[nH]c(=O)c2ccccc12)NCC1CC2OCCC2O1. The monoisotopic (exact) mass is 329 g/mol. The lowest BCUT2D eigenvalue weighted by atomic mass is 10.1. The zero-order valence-electron chi connectivity index (χ0n) is 13.2. The first-order valence-corrected chi connectivity index (χ1v) is 8.21. The van der Waals surface area contributed by atoms with Gasteiger partial charge in [0.25, 0.3) is 5.56 Å². The molecule has 4 rings (SSSR count). The molecular formula is C17H19N3O4. The highest BCUT2D eigenvalue weighted by molar-refractivity contribution is 5.88. The smallest absolute Gasteiger partial charge is 0.272 e. The van der Waals surface area contributed by atoms with Crippen LogP contribution in [0.3, 0.4) is 0 Å². The number of H-pyrrole nitrogens is 1. The first kappa shape index (κ1) is 15.3. The molecule has 0 spiro atoms. The summed E-state index contributed by atoms with van der Waals surface area (Å²) in [5, 5.41) is 10.6. The van der Waals surface area contributed by atoms with E-state index in [-0.39, 0.29) is 36.2 Å². The fourth-order valence-electron chi connectivity index (χ4n) is 3.45. The molecule has 2 N–H and O–H groups in total. The average Bonchev–Trinajstić information content (AvgIpc) is 3.17. The van der Waals surface area contributed by atoms with Crippen molar-refractivity contribution in [1.29, 1.82) is 0 Å². The van der Waals surface area contributed by atoms with Crippen LogP contribution in [0, 0.1) is 0 Å². The highest BCUT2D eigenvalue weighted by Gasteiger charge is 2.39. The summed E-state index contributed by atoms with van der Waals surface area (Å²) >= 11 is 0. The summed E-state index contributed by atoms with van der Waals surface area (Å²) in [6, 6.07) is 7.15. The second-order valence-corrected chi connectivity index (χ2v) is 6.26. The molecule has 2 aromatic rings. The molecule has 0 bridgehead atoms. The second kappa shape index (κ2) is 6.33. The number of nitrogens with one attached hydrogen (secondary N) is 2. The van der Waals surface area contributed by atoms with Crippen molar-refractivity contribution in [3.05, 3.63) is 40.3 Å². The van der Waals surface area contributed by atoms with Crippen LogP contribution in [0.5, 0.6) is 0 Å². The molecule has 2 aliphatic rings. The lowest BCUT2D eigenvalue weighted by Gasteiger charge is -2.13. The number of aromatic amines is 1. The number of nitrogens with zero attached hydrogens (tertiary/aromatic N) is 1. The number of aromatic nitrogens is 2. The standard InChI is InChI=1S/C17H19N3O4/c21-16(18-9-10-7-15-14(24-10)5-6-23-15)8-13-11-3-1-2-4-12(11)17(22)20-19-13/h1-4,10,14-15H,5-9H2,(H,18,21)(H,20,22). The molecule has 3 unspecified atom stereocenters. The van der Waals surface area contributed by atoms with Gasteiger partial charge in [0.1, 0.15) is 0 Å². The van der Waals surface area contributed by atoms with E-state index >= 15 is 0 Å². The minimum Gasteiger partial charge on any atom is -0.375 e. The number of hydrogen-bond donors (Lipinski definition) is 2. The molecule has 1 amide bonds. The van der Waals surface area contributed by atoms with Gasteiger partial charge >= 0.3 is 0 Å². The number of benzene rings is 1. The number of hydrogen-bond acceptors (Lipinski definition) is 5. The van der Waals surface area contributed by atoms with E-state index in [1.165, 1.54) is 0 Å². The summed E-state index contributed by atoms with van der Waals surface area (Å²) in [6.45, 7) is 1.23. The Morgan fingerprint density at radius 2 is 2.12 bits per heavy atom. The number of rotatable bonds is 4. The predicted molar refractivity (Wildman–Crippen MR) is 86.7 cm³/mol. The molecule has 3 heterocycles. The second-order valence-electron chi connectivity index (χ2n) is 6.26. The van der Waals surface area contributed by atoms with E-state index in [0.717, 1.165) is 19.4 Å². The van der Waals surface area contributed by atoms with Crippen LogP contribution in [0.4, 0.5) is 0 Å². The Morgan fingerprint density at radius 1 is 1.29 bits per heavy atom. The molecule has 0 saturated carbocycles. The van der Waals surface area contributed by atoms with Gasteiger partial charge in [-0.25, -0.2) is 5.10 Å². The quantitative estimate of drug-likeness (QED) is 0.853. The number of fused-ring (bicyclic) bond motifs is 2. The lowest BCUT2D eigenvalue weighted by Crippen LogP contribution is -2.34. The topological polar surface area (TPSA) is 93.3 Å². The summed E-state index contributed by atoms with van der Waals surface area (Å²) in [5.74, 6) is -0.138. The van der Waals surface area contributed by atoms with Crippen molar-refractivity contribution < 1.29 is 14.3 Å². The van der Waals surface area contributed by atoms with Crippen LogP contribution in [-0.2, 0) is 20.7 Å². The van der Waals surface area contributed by atoms with Gasteiger partial charge in [0.2, 0.25) is 5.91 Å². The Bertz CT molecular complexity index is 807. The van der Waals surface area contributed by atoms with Crippen LogP contribution in [0.2, 0.25) is 0 Å². The van der Waals surface area contributed by atoms with E-state index in [1.807, 2.05) is 6.07 Å². The van der Waals surface area contributed by atoms with Crippen molar-refractivity contribution >= 4 is 16.7 Å². The maximum Gasteiger partial charge on any atom is 0.272 e. The Balaban J connectivity index is 1.38. The molecule has 2 saturated heterocycles. The van der Waals surface area contributed by atoms with E-state index in [0.29, 0.717) is 23.0 Å². The van der Waals surface area contributed by atoms with Crippen LogP contribution in [0.1, 0.15) is 18.5 Å². The van der Waals surface area contributed by atoms with Crippen molar-refractivity contribution in [2.24, 2.45) is 0 Å². The van der Waals surface area contributed by atoms with Crippen molar-refractivity contribution in [2.45, 2.75) is 37.6 Å². The third-order valence-electron chi connectivity index (χ3n) is 4.64. The Kier molecular flexibility index (Phi) is 4.03. The van der Waals surface area contributed by atoms with Crippen molar-refractivity contribution in [1.82, 2.24) is 15.5 Å². The third-order valence-corrected chi connectivity index (χ3v) is 4.64. The maximum absolute atomic E-state index is 12.2. The van der Waals surface area contributed by atoms with Crippen LogP contribution in [0.25, 0.3) is 10.8 Å². The normalized spacial score (nSPS) is 25.8. The van der Waals surface area contributed by atoms with Crippen molar-refractivity contribution in [3.63, 3.8) is 0 Å². The molecule has 2 aliphatic heterocycles. The summed E-state index contributed by atoms with van der Waals surface area (Å²) < 4.78 is 11.5. The van der Waals surface area contributed by atoms with E-state index < -0.39 is 0 Å². The Hall–Kier alpha value is -2.25. The lowest BCUT2D eigenvalue weighted by molar-refractivity contribution is -0.121. The molecule has 3 atom stereocenters. The first-order chi connectivity index (χ1) is 11.7. The molecule has 7 nitrogen and oxygen atoms in total. The summed E-state index contributed by atoms with van der Waals surface area (Å²) in [6.07, 6.45) is 2.23. The van der Waals surface area contributed by atoms with Gasteiger partial charge in [-0.15, -0.1) is 0 Å². The van der Waals surface area contributed by atoms with Gasteiger partial charge in [-0.1, -0.05) is 18.2 Å². The van der Waals surface area contributed by atoms with Crippen LogP contribution >= 0.6 is 0 Å². The summed E-state index contributed by atoms with van der Waals surface area (Å²) in [5.41, 5.74) is 0.316. The number of carbonyl (C=O) groups excluding carboxylic acids is 1. The third kappa shape index (κ3) is 2.92. The minimum absolute atomic E-state index is 0.00420. The first-order valence-electron chi connectivity index (χ1n) is 8.21. The number of amides is 1. The van der Waals surface area contributed by atoms with E-state index in [9.17, 15) is 9.59 Å². The van der Waals surface area contributed by atoms with E-state index in [4.69, 9.17) is 9.47 Å². The molecule has 24 heavy (non-hydrogen) atoms. The van der Waals surface area contributed by atoms with Gasteiger partial charge in [-0.05, 0) is 12.5 Å². The fraction of sp³-hybridized carbons (Fsp3) is 0.471. The molecule has 2 fully saturated rings. The van der Waals surface area contributed by atoms with Crippen LogP contribution in [0.15, 0.2) is 29.1 Å². The Labute approximate surface area is 138 Å². The zero-order valence-corrected chi connectivity index (χ0v) is 13.2. The van der Waals surface area contributed by atoms with E-state index in [1.54, 1.807) is 18.2 Å². The van der Waals surface area contributed by atoms with Gasteiger partial charge < -0.3 is 14.8 Å². The zero-order chi connectivity index (χ0) is 16.5. The molecule has 0 radical (unpaired) electrons. The molecule has 7 heteroatoms. The molecule has 0 aliphatic carbocycles. The highest BCUT2D eigenvalue weighted by atomic mass is 16.6. The van der Waals surface area contributed by atoms with Crippen LogP contribution in [-0.4, -0.2) is 47.6 Å². The molecule has 1 aromatic carbocycles. The van der Waals surface area contributed by atoms with Gasteiger partial charge in [0.05, 0.1) is 35.8 Å². The number of carbonyl (C=O) groups is 1. The van der Waals surface area contributed by atoms with Gasteiger partial charge in [-0.2, -0.15) is 5.10 Å².